The van der Waals surface area contributed by atoms with E-state index in [0.29, 0.717) is 16.9 Å². The molecule has 0 heterocycles. The van der Waals surface area contributed by atoms with E-state index in [1.165, 1.54) is 24.3 Å². The van der Waals surface area contributed by atoms with E-state index >= 15 is 0 Å². The summed E-state index contributed by atoms with van der Waals surface area (Å²) in [5.41, 5.74) is 1.50. The van der Waals surface area contributed by atoms with Crippen molar-refractivity contribution in [2.45, 2.75) is 6.92 Å². The van der Waals surface area contributed by atoms with Crippen molar-refractivity contribution in [1.82, 2.24) is 0 Å². The number of carbonyl (C=O) groups is 2. The van der Waals surface area contributed by atoms with Crippen LogP contribution >= 0.6 is 0 Å². The fourth-order valence-corrected chi connectivity index (χ4v) is 2.40. The summed E-state index contributed by atoms with van der Waals surface area (Å²) in [7, 11) is 1.79. The first kappa shape index (κ1) is 30.8. The Morgan fingerprint density at radius 2 is 0.929 bits per heavy atom. The Balaban J connectivity index is -0.0000000442. The lowest BCUT2D eigenvalue weighted by Gasteiger charge is -2.06. The van der Waals surface area contributed by atoms with Crippen LogP contribution in [-0.4, -0.2) is 18.8 Å². The van der Waals surface area contributed by atoms with Crippen molar-refractivity contribution < 1.29 is 45.7 Å². The Morgan fingerprint density at radius 3 is 1.33 bits per heavy atom. The summed E-state index contributed by atoms with van der Waals surface area (Å²) in [5.74, 6) is 54.3. The lowest BCUT2D eigenvalue weighted by Crippen LogP contribution is -2.09. The molecule has 2 rings (SSSR count). The van der Waals surface area contributed by atoms with E-state index in [9.17, 15) is 9.59 Å². The molecule has 0 radical (unpaired) electrons. The van der Waals surface area contributed by atoms with Gasteiger partial charge in [-0.3, -0.25) is 4.79 Å². The van der Waals surface area contributed by atoms with Crippen molar-refractivity contribution in [2.75, 3.05) is 12.4 Å². The molecule has 0 aliphatic carbocycles. The van der Waals surface area contributed by atoms with Crippen LogP contribution in [0.15, 0.2) is 48.5 Å². The minimum atomic E-state index is -0.539. The molecule has 2 aromatic rings. The summed E-state index contributed by atoms with van der Waals surface area (Å²) in [6.07, 6.45) is 0. The molecule has 234 valence electrons. The summed E-state index contributed by atoms with van der Waals surface area (Å²) in [6, 6.07) is 12.9. The third kappa shape index (κ3) is 13.2. The van der Waals surface area contributed by atoms with E-state index in [1.807, 2.05) is 0 Å². The van der Waals surface area contributed by atoms with E-state index in [2.05, 4.69) is 136 Å². The number of anilines is 1. The Morgan fingerprint density at radius 1 is 0.548 bits per heavy atom. The first-order valence-corrected chi connectivity index (χ1v) is 11.7. The van der Waals surface area contributed by atoms with Gasteiger partial charge in [0.1, 0.15) is 5.75 Å². The molecule has 0 aliphatic heterocycles. The van der Waals surface area contributed by atoms with E-state index in [-0.39, 0.29) is 31.4 Å². The molecule has 2 aromatic carbocycles. The van der Waals surface area contributed by atoms with Gasteiger partial charge in [-0.25, -0.2) is 4.79 Å². The molecular weight excluding hydrogens is 518 g/mol. The van der Waals surface area contributed by atoms with Crippen molar-refractivity contribution in [1.29, 1.82) is 0 Å². The van der Waals surface area contributed by atoms with E-state index in [1.54, 1.807) is 38.2 Å². The lowest BCUT2D eigenvalue weighted by atomic mass is 10.1. The number of ketones is 1. The molecule has 4 nitrogen and oxygen atoms in total. The van der Waals surface area contributed by atoms with Crippen LogP contribution in [0.1, 0.15) is 59.0 Å². The number of Topliss-reactive ketones (excluding diaryl/α,β-unsaturated/α-hetero) is 1. The SMILES string of the molecule is CC#CC#CC#CC#CC#CC#CC#CC#CC#CC#CC#CC(=O)c1ccc(C(=O)Oc2ccc(NC)cc2)cc1.[HH].[HH].[HH].[HH].[HH].[HH].[HH].[HH].[HH].[HH].[HH].[HH].[HH].[HH].[HH].[HH].[HH].[HH].[HH].[HH].[HH].[HH]. The third-order valence-corrected chi connectivity index (χ3v) is 4.22. The molecule has 0 atom stereocenters. The summed E-state index contributed by atoms with van der Waals surface area (Å²) >= 11 is 0. The van der Waals surface area contributed by atoms with Crippen molar-refractivity contribution in [3.05, 3.63) is 59.7 Å². The van der Waals surface area contributed by atoms with Crippen molar-refractivity contribution in [3.8, 4) is 136 Å². The van der Waals surface area contributed by atoms with Gasteiger partial charge in [0.25, 0.3) is 0 Å². The maximum atomic E-state index is 12.3. The van der Waals surface area contributed by atoms with Crippen molar-refractivity contribution in [3.63, 3.8) is 0 Å². The highest BCUT2D eigenvalue weighted by Gasteiger charge is 2.10. The van der Waals surface area contributed by atoms with Crippen LogP contribution in [0.5, 0.6) is 5.75 Å². The molecule has 42 heavy (non-hydrogen) atoms. The minimum absolute atomic E-state index is 0. The number of hydrogen-bond donors (Lipinski definition) is 1. The van der Waals surface area contributed by atoms with Crippen LogP contribution in [0.2, 0.25) is 0 Å². The van der Waals surface area contributed by atoms with Gasteiger partial charge in [-0.2, -0.15) is 0 Å². The normalized spacial score (nSPS) is 6.81. The highest BCUT2D eigenvalue weighted by atomic mass is 16.5. The first-order valence-electron chi connectivity index (χ1n) is 11.7. The van der Waals surface area contributed by atoms with Gasteiger partial charge in [0.15, 0.2) is 0 Å². The number of benzene rings is 2. The molecule has 1 N–H and O–H groups in total. The Kier molecular flexibility index (Phi) is 14.4. The summed E-state index contributed by atoms with van der Waals surface area (Å²) < 4.78 is 5.33. The highest BCUT2D eigenvalue weighted by Crippen LogP contribution is 2.17. The molecule has 0 aromatic heterocycles. The van der Waals surface area contributed by atoms with Gasteiger partial charge in [0.05, 0.1) is 5.56 Å². The minimum Gasteiger partial charge on any atom is -0.423 e. The summed E-state index contributed by atoms with van der Waals surface area (Å²) in [5, 5.41) is 2.98. The molecule has 0 fully saturated rings. The van der Waals surface area contributed by atoms with E-state index < -0.39 is 11.8 Å². The molecule has 0 unspecified atom stereocenters. The maximum absolute atomic E-state index is 12.3. The Labute approximate surface area is 279 Å². The van der Waals surface area contributed by atoms with Crippen LogP contribution in [0.3, 0.4) is 0 Å². The number of ether oxygens (including phenoxy) is 1. The van der Waals surface area contributed by atoms with Crippen LogP contribution in [0, 0.1) is 130 Å². The number of hydrogen-bond acceptors (Lipinski definition) is 4. The summed E-state index contributed by atoms with van der Waals surface area (Å²) in [4.78, 5) is 24.5. The second-order valence-electron chi connectivity index (χ2n) is 6.95. The second kappa shape index (κ2) is 19.6. The molecule has 0 saturated heterocycles. The van der Waals surface area contributed by atoms with E-state index in [0.717, 1.165) is 5.69 Å². The molecule has 0 saturated carbocycles. The third-order valence-electron chi connectivity index (χ3n) is 4.22. The van der Waals surface area contributed by atoms with Crippen LogP contribution in [0.4, 0.5) is 5.69 Å². The van der Waals surface area contributed by atoms with Gasteiger partial charge in [-0.1, -0.05) is 5.92 Å². The Hall–Kier alpha value is -7.46. The van der Waals surface area contributed by atoms with Gasteiger partial charge in [-0.15, -0.1) is 0 Å². The zero-order valence-corrected chi connectivity index (χ0v) is 22.3. The smallest absolute Gasteiger partial charge is 0.343 e. The van der Waals surface area contributed by atoms with Gasteiger partial charge in [-0.05, 0) is 156 Å². The fraction of sp³-hybridized carbons (Fsp3) is 0.0526. The predicted molar refractivity (Wildman–Crippen MR) is 209 cm³/mol. The van der Waals surface area contributed by atoms with Gasteiger partial charge in [0.2, 0.25) is 5.78 Å². The zero-order chi connectivity index (χ0) is 30.1. The number of nitrogens with one attached hydrogen (secondary N) is 1. The summed E-state index contributed by atoms with van der Waals surface area (Å²) in [6.45, 7) is 1.69. The first-order chi connectivity index (χ1) is 20.6. The monoisotopic (exact) mass is 577 g/mol. The average molecular weight is 578 g/mol. The highest BCUT2D eigenvalue weighted by molar-refractivity contribution is 6.09. The molecule has 4 heteroatoms. The number of carbonyl (C=O) groups excluding carboxylic acids is 2. The largest absolute Gasteiger partial charge is 0.423 e. The Bertz CT molecular complexity index is 2130. The van der Waals surface area contributed by atoms with Crippen molar-refractivity contribution >= 4 is 17.4 Å². The van der Waals surface area contributed by atoms with Crippen LogP contribution < -0.4 is 10.1 Å². The fourth-order valence-electron chi connectivity index (χ4n) is 2.40. The lowest BCUT2D eigenvalue weighted by molar-refractivity contribution is 0.0734. The average Bonchev–Trinajstić information content (AvgIpc) is 3.02. The zero-order valence-electron chi connectivity index (χ0n) is 22.3. The van der Waals surface area contributed by atoms with Crippen molar-refractivity contribution in [2.24, 2.45) is 0 Å². The standard InChI is InChI=1S/C38H15NO3.22H2/c1-3-4-5-6-7-8-9-10-11-12-13-14-15-16-17-18-19-20-21-22-23-24-37(40)33-25-27-34(28-26-33)38(41)42-36-31-29-35(39-2)30-32-36;;;;;;;;;;;;;;;;;;;;;;/h25-32,39H,1-2H3;22*1H. The van der Waals surface area contributed by atoms with Gasteiger partial charge >= 0.3 is 5.97 Å². The second-order valence-corrected chi connectivity index (χ2v) is 6.95. The topological polar surface area (TPSA) is 55.4 Å². The molecule has 0 bridgehead atoms. The predicted octanol–water partition coefficient (Wildman–Crippen LogP) is 8.60. The molecule has 0 amide bonds. The number of rotatable bonds is 4. The van der Waals surface area contributed by atoms with Gasteiger partial charge in [0, 0.05) is 73.4 Å². The molecule has 0 aliphatic rings. The van der Waals surface area contributed by atoms with Crippen LogP contribution in [0.25, 0.3) is 0 Å². The van der Waals surface area contributed by atoms with E-state index in [4.69, 9.17) is 4.74 Å². The number of esters is 1. The molecule has 0 spiro atoms. The quantitative estimate of drug-likeness (QED) is 0.130. The maximum Gasteiger partial charge on any atom is 0.343 e. The van der Waals surface area contributed by atoms with Crippen LogP contribution in [-0.2, 0) is 0 Å². The molecular formula is C38H59NO3. The van der Waals surface area contributed by atoms with Gasteiger partial charge < -0.3 is 10.1 Å².